The molecule has 0 unspecified atom stereocenters. The molecular weight excluding hydrogens is 292 g/mol. The first-order valence-electron chi connectivity index (χ1n) is 6.16. The van der Waals surface area contributed by atoms with Crippen molar-refractivity contribution in [2.24, 2.45) is 5.14 Å². The summed E-state index contributed by atoms with van der Waals surface area (Å²) in [5, 5.41) is 8.20. The molecule has 0 amide bonds. The van der Waals surface area contributed by atoms with Gasteiger partial charge in [-0.15, -0.1) is 0 Å². The van der Waals surface area contributed by atoms with Crippen molar-refractivity contribution in [3.05, 3.63) is 42.1 Å². The lowest BCUT2D eigenvalue weighted by molar-refractivity contribution is 0.397. The highest BCUT2D eigenvalue weighted by Gasteiger charge is 2.12. The van der Waals surface area contributed by atoms with Gasteiger partial charge in [0.2, 0.25) is 21.9 Å². The van der Waals surface area contributed by atoms with Gasteiger partial charge in [-0.1, -0.05) is 12.1 Å². The summed E-state index contributed by atoms with van der Waals surface area (Å²) in [7, 11) is -2.20. The number of primary sulfonamides is 1. The number of anilines is 1. The van der Waals surface area contributed by atoms with Crippen molar-refractivity contribution in [1.29, 1.82) is 0 Å². The maximum absolute atomic E-state index is 11.4. The van der Waals surface area contributed by atoms with Crippen LogP contribution in [0, 0.1) is 0 Å². The smallest absolute Gasteiger partial charge is 0.238 e. The summed E-state index contributed by atoms with van der Waals surface area (Å²) in [5.74, 6) is 0.834. The highest BCUT2D eigenvalue weighted by Crippen LogP contribution is 2.20. The van der Waals surface area contributed by atoms with Crippen LogP contribution in [0.25, 0.3) is 0 Å². The van der Waals surface area contributed by atoms with E-state index in [1.807, 2.05) is 6.92 Å². The second-order valence-corrected chi connectivity index (χ2v) is 5.97. The molecule has 1 atom stereocenters. The molecule has 2 rings (SSSR count). The van der Waals surface area contributed by atoms with Crippen LogP contribution < -0.4 is 15.2 Å². The van der Waals surface area contributed by atoms with Gasteiger partial charge in [-0.25, -0.2) is 18.5 Å². The molecule has 21 heavy (non-hydrogen) atoms. The molecule has 1 aromatic heterocycles. The normalized spacial score (nSPS) is 12.7. The van der Waals surface area contributed by atoms with Gasteiger partial charge in [0.25, 0.3) is 0 Å². The number of nitrogens with one attached hydrogen (secondary N) is 1. The third kappa shape index (κ3) is 3.89. The van der Waals surface area contributed by atoms with Gasteiger partial charge in [0, 0.05) is 12.3 Å². The number of rotatable bonds is 5. The second kappa shape index (κ2) is 6.06. The molecule has 8 heteroatoms. The van der Waals surface area contributed by atoms with E-state index in [9.17, 15) is 8.42 Å². The largest absolute Gasteiger partial charge is 0.481 e. The number of aromatic nitrogens is 2. The van der Waals surface area contributed by atoms with Crippen molar-refractivity contribution in [2.45, 2.75) is 17.9 Å². The van der Waals surface area contributed by atoms with Crippen molar-refractivity contribution in [1.82, 2.24) is 9.97 Å². The van der Waals surface area contributed by atoms with Crippen molar-refractivity contribution >= 4 is 16.0 Å². The molecule has 1 aromatic carbocycles. The molecule has 112 valence electrons. The summed E-state index contributed by atoms with van der Waals surface area (Å²) in [5.41, 5.74) is 0.757. The summed E-state index contributed by atoms with van der Waals surface area (Å²) in [4.78, 5) is 8.29. The summed E-state index contributed by atoms with van der Waals surface area (Å²) in [6.45, 7) is 1.87. The number of nitrogens with two attached hydrogens (primary N) is 1. The molecule has 1 heterocycles. The van der Waals surface area contributed by atoms with Crippen LogP contribution in [0.1, 0.15) is 18.5 Å². The summed E-state index contributed by atoms with van der Waals surface area (Å²) >= 11 is 0. The molecular formula is C13H16N4O3S. The average molecular weight is 308 g/mol. The van der Waals surface area contributed by atoms with Gasteiger partial charge < -0.3 is 10.1 Å². The number of hydrogen-bond acceptors (Lipinski definition) is 6. The van der Waals surface area contributed by atoms with E-state index in [2.05, 4.69) is 15.3 Å². The fourth-order valence-electron chi connectivity index (χ4n) is 1.76. The molecule has 0 aliphatic carbocycles. The van der Waals surface area contributed by atoms with Gasteiger partial charge in [0.15, 0.2) is 0 Å². The van der Waals surface area contributed by atoms with Crippen LogP contribution in [0.15, 0.2) is 41.4 Å². The van der Waals surface area contributed by atoms with Gasteiger partial charge in [-0.05, 0) is 24.6 Å². The van der Waals surface area contributed by atoms with Crippen LogP contribution in [-0.2, 0) is 10.0 Å². The number of sulfonamides is 1. The Labute approximate surface area is 123 Å². The number of hydrogen-bond donors (Lipinski definition) is 2. The molecule has 0 saturated heterocycles. The van der Waals surface area contributed by atoms with Crippen molar-refractivity contribution in [3.63, 3.8) is 0 Å². The monoisotopic (exact) mass is 308 g/mol. The fraction of sp³-hybridized carbons (Fsp3) is 0.231. The lowest BCUT2D eigenvalue weighted by Crippen LogP contribution is -2.14. The third-order valence-electron chi connectivity index (χ3n) is 2.87. The SMILES string of the molecule is COc1ccnc(N[C@@H](C)c2cccc(S(N)(=O)=O)c2)n1. The predicted octanol–water partition coefficient (Wildman–Crippen LogP) is 1.31. The first-order chi connectivity index (χ1) is 9.90. The molecule has 2 aromatic rings. The second-order valence-electron chi connectivity index (χ2n) is 4.41. The Bertz CT molecular complexity index is 734. The van der Waals surface area contributed by atoms with E-state index in [1.165, 1.54) is 19.2 Å². The molecule has 0 radical (unpaired) electrons. The van der Waals surface area contributed by atoms with Crippen LogP contribution in [0.4, 0.5) is 5.95 Å². The van der Waals surface area contributed by atoms with Crippen LogP contribution >= 0.6 is 0 Å². The van der Waals surface area contributed by atoms with E-state index in [4.69, 9.17) is 9.88 Å². The Morgan fingerprint density at radius 3 is 2.76 bits per heavy atom. The average Bonchev–Trinajstić information content (AvgIpc) is 2.46. The third-order valence-corrected chi connectivity index (χ3v) is 3.78. The van der Waals surface area contributed by atoms with E-state index >= 15 is 0 Å². The highest BCUT2D eigenvalue weighted by atomic mass is 32.2. The summed E-state index contributed by atoms with van der Waals surface area (Å²) in [6, 6.07) is 7.85. The van der Waals surface area contributed by atoms with Gasteiger partial charge in [-0.3, -0.25) is 0 Å². The molecule has 0 bridgehead atoms. The van der Waals surface area contributed by atoms with Gasteiger partial charge in [0.05, 0.1) is 18.0 Å². The summed E-state index contributed by atoms with van der Waals surface area (Å²) < 4.78 is 27.8. The Morgan fingerprint density at radius 2 is 2.10 bits per heavy atom. The fourth-order valence-corrected chi connectivity index (χ4v) is 2.33. The zero-order valence-electron chi connectivity index (χ0n) is 11.6. The number of methoxy groups -OCH3 is 1. The Hall–Kier alpha value is -2.19. The number of benzene rings is 1. The van der Waals surface area contributed by atoms with Crippen LogP contribution in [-0.4, -0.2) is 25.5 Å². The zero-order valence-corrected chi connectivity index (χ0v) is 12.5. The minimum absolute atomic E-state index is 0.0696. The standard InChI is InChI=1S/C13H16N4O3S/c1-9(16-13-15-7-6-12(17-13)20-2)10-4-3-5-11(8-10)21(14,18)19/h3-9H,1-2H3,(H2,14,18,19)(H,15,16,17)/t9-/m0/s1. The lowest BCUT2D eigenvalue weighted by Gasteiger charge is -2.15. The maximum atomic E-state index is 11.4. The number of ether oxygens (including phenoxy) is 1. The lowest BCUT2D eigenvalue weighted by atomic mass is 10.1. The first-order valence-corrected chi connectivity index (χ1v) is 7.71. The van der Waals surface area contributed by atoms with Gasteiger partial charge in [-0.2, -0.15) is 4.98 Å². The van der Waals surface area contributed by atoms with Crippen LogP contribution in [0.2, 0.25) is 0 Å². The van der Waals surface area contributed by atoms with E-state index < -0.39 is 10.0 Å². The molecule has 0 aliphatic rings. The Balaban J connectivity index is 2.22. The summed E-state index contributed by atoms with van der Waals surface area (Å²) in [6.07, 6.45) is 1.57. The van der Waals surface area contributed by atoms with Crippen LogP contribution in [0.5, 0.6) is 5.88 Å². The molecule has 0 aliphatic heterocycles. The number of nitrogens with zero attached hydrogens (tertiary/aromatic N) is 2. The first kappa shape index (κ1) is 15.2. The molecule has 0 saturated carbocycles. The van der Waals surface area contributed by atoms with Crippen LogP contribution in [0.3, 0.4) is 0 Å². The molecule has 7 nitrogen and oxygen atoms in total. The van der Waals surface area contributed by atoms with Crippen molar-refractivity contribution in [2.75, 3.05) is 12.4 Å². The quantitative estimate of drug-likeness (QED) is 0.862. The van der Waals surface area contributed by atoms with E-state index in [-0.39, 0.29) is 10.9 Å². The highest BCUT2D eigenvalue weighted by molar-refractivity contribution is 7.89. The molecule has 3 N–H and O–H groups in total. The maximum Gasteiger partial charge on any atom is 0.238 e. The predicted molar refractivity (Wildman–Crippen MR) is 78.4 cm³/mol. The minimum Gasteiger partial charge on any atom is -0.481 e. The van der Waals surface area contributed by atoms with Crippen molar-refractivity contribution in [3.8, 4) is 5.88 Å². The minimum atomic E-state index is -3.72. The van der Waals surface area contributed by atoms with E-state index in [1.54, 1.807) is 24.4 Å². The van der Waals surface area contributed by atoms with Crippen molar-refractivity contribution < 1.29 is 13.2 Å². The topological polar surface area (TPSA) is 107 Å². The zero-order chi connectivity index (χ0) is 15.5. The van der Waals surface area contributed by atoms with Gasteiger partial charge >= 0.3 is 0 Å². The van der Waals surface area contributed by atoms with E-state index in [0.717, 1.165) is 5.56 Å². The van der Waals surface area contributed by atoms with E-state index in [0.29, 0.717) is 11.8 Å². The Kier molecular flexibility index (Phi) is 4.39. The molecule has 0 spiro atoms. The Morgan fingerprint density at radius 1 is 1.33 bits per heavy atom. The molecule has 0 fully saturated rings. The van der Waals surface area contributed by atoms with Gasteiger partial charge in [0.1, 0.15) is 0 Å².